The van der Waals surface area contributed by atoms with E-state index in [-0.39, 0.29) is 6.61 Å². The number of anilines is 1. The van der Waals surface area contributed by atoms with Crippen LogP contribution in [0.15, 0.2) is 78.9 Å². The molecular formula is C24H23NO4. The summed E-state index contributed by atoms with van der Waals surface area (Å²) in [6.45, 7) is 3.21. The number of carbonyl (C=O) groups excluding carboxylic acids is 2. The lowest BCUT2D eigenvalue weighted by Crippen LogP contribution is -2.31. The van der Waals surface area contributed by atoms with Crippen LogP contribution in [0.1, 0.15) is 12.5 Å². The average molecular weight is 389 g/mol. The number of carbonyl (C=O) groups is 2. The van der Waals surface area contributed by atoms with Gasteiger partial charge in [-0.1, -0.05) is 60.7 Å². The van der Waals surface area contributed by atoms with Crippen molar-refractivity contribution in [3.05, 3.63) is 84.4 Å². The topological polar surface area (TPSA) is 64.6 Å². The highest BCUT2D eigenvalue weighted by molar-refractivity contribution is 5.98. The van der Waals surface area contributed by atoms with E-state index in [2.05, 4.69) is 5.32 Å². The van der Waals surface area contributed by atoms with E-state index in [1.54, 1.807) is 6.07 Å². The second kappa shape index (κ2) is 9.55. The summed E-state index contributed by atoms with van der Waals surface area (Å²) in [7, 11) is 0. The summed E-state index contributed by atoms with van der Waals surface area (Å²) < 4.78 is 10.6. The van der Waals surface area contributed by atoms with Crippen LogP contribution < -0.4 is 10.1 Å². The minimum Gasteiger partial charge on any atom is -0.482 e. The van der Waals surface area contributed by atoms with E-state index in [4.69, 9.17) is 9.47 Å². The Hall–Kier alpha value is -3.60. The van der Waals surface area contributed by atoms with Crippen LogP contribution in [-0.2, 0) is 14.3 Å². The van der Waals surface area contributed by atoms with Gasteiger partial charge in [0, 0.05) is 11.3 Å². The number of nitrogens with one attached hydrogen (secondary N) is 1. The van der Waals surface area contributed by atoms with E-state index in [0.717, 1.165) is 16.7 Å². The van der Waals surface area contributed by atoms with Crippen LogP contribution in [0.4, 0.5) is 5.69 Å². The molecule has 0 heterocycles. The van der Waals surface area contributed by atoms with Crippen molar-refractivity contribution < 1.29 is 19.1 Å². The standard InChI is InChI=1S/C24H23NO4/c1-17-9-8-12-20(15-17)28-16-23(26)29-18(2)24(27)25-22-14-7-6-13-21(22)19-10-4-3-5-11-19/h3-15,18H,16H2,1-2H3,(H,25,27)/t18-/m1/s1. The van der Waals surface area contributed by atoms with Crippen molar-refractivity contribution in [1.29, 1.82) is 0 Å². The van der Waals surface area contributed by atoms with Crippen LogP contribution in [-0.4, -0.2) is 24.6 Å². The first-order valence-electron chi connectivity index (χ1n) is 9.37. The summed E-state index contributed by atoms with van der Waals surface area (Å²) in [5.74, 6) is -0.432. The molecular weight excluding hydrogens is 366 g/mol. The number of para-hydroxylation sites is 1. The lowest BCUT2D eigenvalue weighted by molar-refractivity contribution is -0.155. The van der Waals surface area contributed by atoms with E-state index in [0.29, 0.717) is 11.4 Å². The first-order chi connectivity index (χ1) is 14.0. The Balaban J connectivity index is 1.58. The van der Waals surface area contributed by atoms with Gasteiger partial charge in [0.15, 0.2) is 12.7 Å². The van der Waals surface area contributed by atoms with Crippen molar-refractivity contribution >= 4 is 17.6 Å². The Morgan fingerprint density at radius 2 is 1.66 bits per heavy atom. The normalized spacial score (nSPS) is 11.4. The fraction of sp³-hybridized carbons (Fsp3) is 0.167. The van der Waals surface area contributed by atoms with E-state index < -0.39 is 18.0 Å². The molecule has 0 saturated heterocycles. The molecule has 0 aliphatic heterocycles. The highest BCUT2D eigenvalue weighted by Crippen LogP contribution is 2.27. The Morgan fingerprint density at radius 1 is 0.931 bits per heavy atom. The second-order valence-electron chi connectivity index (χ2n) is 6.64. The van der Waals surface area contributed by atoms with Gasteiger partial charge >= 0.3 is 5.97 Å². The molecule has 3 rings (SSSR count). The molecule has 0 aliphatic rings. The first kappa shape index (κ1) is 20.1. The van der Waals surface area contributed by atoms with Gasteiger partial charge in [0.1, 0.15) is 5.75 Å². The minimum atomic E-state index is -0.951. The van der Waals surface area contributed by atoms with E-state index in [1.807, 2.05) is 79.7 Å². The molecule has 5 nitrogen and oxygen atoms in total. The van der Waals surface area contributed by atoms with Crippen LogP contribution in [0.25, 0.3) is 11.1 Å². The summed E-state index contributed by atoms with van der Waals surface area (Å²) in [5, 5.41) is 2.84. The zero-order valence-corrected chi connectivity index (χ0v) is 16.4. The first-order valence-corrected chi connectivity index (χ1v) is 9.37. The number of hydrogen-bond donors (Lipinski definition) is 1. The molecule has 0 unspecified atom stereocenters. The summed E-state index contributed by atoms with van der Waals surface area (Å²) >= 11 is 0. The predicted molar refractivity (Wildman–Crippen MR) is 113 cm³/mol. The maximum absolute atomic E-state index is 12.5. The van der Waals surface area contributed by atoms with Crippen molar-refractivity contribution in [3.63, 3.8) is 0 Å². The number of rotatable bonds is 7. The van der Waals surface area contributed by atoms with E-state index in [9.17, 15) is 9.59 Å². The molecule has 1 N–H and O–H groups in total. The van der Waals surface area contributed by atoms with Gasteiger partial charge < -0.3 is 14.8 Å². The molecule has 148 valence electrons. The Bertz CT molecular complexity index is 985. The molecule has 5 heteroatoms. The van der Waals surface area contributed by atoms with Crippen LogP contribution in [0.3, 0.4) is 0 Å². The van der Waals surface area contributed by atoms with Crippen molar-refractivity contribution in [2.24, 2.45) is 0 Å². The van der Waals surface area contributed by atoms with Gasteiger partial charge in [-0.3, -0.25) is 4.79 Å². The van der Waals surface area contributed by atoms with Gasteiger partial charge in [0.05, 0.1) is 0 Å². The molecule has 1 amide bonds. The maximum atomic E-state index is 12.5. The number of amides is 1. The molecule has 0 spiro atoms. The highest BCUT2D eigenvalue weighted by Gasteiger charge is 2.19. The molecule has 0 saturated carbocycles. The average Bonchev–Trinajstić information content (AvgIpc) is 2.73. The lowest BCUT2D eigenvalue weighted by atomic mass is 10.0. The summed E-state index contributed by atoms with van der Waals surface area (Å²) in [4.78, 5) is 24.6. The van der Waals surface area contributed by atoms with Crippen molar-refractivity contribution in [2.75, 3.05) is 11.9 Å². The number of benzene rings is 3. The predicted octanol–water partition coefficient (Wildman–Crippen LogP) is 4.61. The van der Waals surface area contributed by atoms with Gasteiger partial charge in [-0.2, -0.15) is 0 Å². The van der Waals surface area contributed by atoms with Gasteiger partial charge in [0.2, 0.25) is 0 Å². The van der Waals surface area contributed by atoms with Gasteiger partial charge in [-0.25, -0.2) is 4.79 Å². The summed E-state index contributed by atoms with van der Waals surface area (Å²) in [6.07, 6.45) is -0.951. The molecule has 0 fully saturated rings. The number of ether oxygens (including phenoxy) is 2. The molecule has 0 bridgehead atoms. The van der Waals surface area contributed by atoms with Crippen LogP contribution in [0.5, 0.6) is 5.75 Å². The fourth-order valence-corrected chi connectivity index (χ4v) is 2.83. The third-order valence-electron chi connectivity index (χ3n) is 4.29. The largest absolute Gasteiger partial charge is 0.482 e. The van der Waals surface area contributed by atoms with E-state index >= 15 is 0 Å². The molecule has 29 heavy (non-hydrogen) atoms. The number of aryl methyl sites for hydroxylation is 1. The fourth-order valence-electron chi connectivity index (χ4n) is 2.83. The molecule has 0 aromatic heterocycles. The molecule has 3 aromatic carbocycles. The molecule has 0 radical (unpaired) electrons. The smallest absolute Gasteiger partial charge is 0.344 e. The third-order valence-corrected chi connectivity index (χ3v) is 4.29. The van der Waals surface area contributed by atoms with Gasteiger partial charge in [-0.15, -0.1) is 0 Å². The summed E-state index contributed by atoms with van der Waals surface area (Å²) in [6, 6.07) is 24.6. The van der Waals surface area contributed by atoms with Gasteiger partial charge in [-0.05, 0) is 43.2 Å². The van der Waals surface area contributed by atoms with Crippen molar-refractivity contribution in [3.8, 4) is 16.9 Å². The summed E-state index contributed by atoms with van der Waals surface area (Å²) in [5.41, 5.74) is 3.56. The van der Waals surface area contributed by atoms with Crippen molar-refractivity contribution in [2.45, 2.75) is 20.0 Å². The number of hydrogen-bond acceptors (Lipinski definition) is 4. The van der Waals surface area contributed by atoms with Gasteiger partial charge in [0.25, 0.3) is 5.91 Å². The SMILES string of the molecule is Cc1cccc(OCC(=O)O[C@H](C)C(=O)Nc2ccccc2-c2ccccc2)c1. The monoisotopic (exact) mass is 389 g/mol. The molecule has 3 aromatic rings. The third kappa shape index (κ3) is 5.69. The Kier molecular flexibility index (Phi) is 6.63. The Morgan fingerprint density at radius 3 is 2.41 bits per heavy atom. The molecule has 1 atom stereocenters. The van der Waals surface area contributed by atoms with E-state index in [1.165, 1.54) is 6.92 Å². The molecule has 0 aliphatic carbocycles. The van der Waals surface area contributed by atoms with Crippen LogP contribution >= 0.6 is 0 Å². The zero-order valence-electron chi connectivity index (χ0n) is 16.4. The van der Waals surface area contributed by atoms with Crippen LogP contribution in [0, 0.1) is 6.92 Å². The maximum Gasteiger partial charge on any atom is 0.344 e. The minimum absolute atomic E-state index is 0.262. The quantitative estimate of drug-likeness (QED) is 0.599. The zero-order chi connectivity index (χ0) is 20.6. The lowest BCUT2D eigenvalue weighted by Gasteiger charge is -2.16. The highest BCUT2D eigenvalue weighted by atomic mass is 16.6. The second-order valence-corrected chi connectivity index (χ2v) is 6.64. The van der Waals surface area contributed by atoms with Crippen LogP contribution in [0.2, 0.25) is 0 Å². The Labute approximate surface area is 170 Å². The number of esters is 1. The van der Waals surface area contributed by atoms with Crippen molar-refractivity contribution in [1.82, 2.24) is 0 Å².